The van der Waals surface area contributed by atoms with Gasteiger partial charge in [-0.2, -0.15) is 10.2 Å². The summed E-state index contributed by atoms with van der Waals surface area (Å²) < 4.78 is 0. The van der Waals surface area contributed by atoms with Gasteiger partial charge in [-0.25, -0.2) is 10.1 Å². The molecule has 0 saturated heterocycles. The Kier molecular flexibility index (Phi) is 3.15. The van der Waals surface area contributed by atoms with Crippen LogP contribution in [-0.4, -0.2) is 25.4 Å². The summed E-state index contributed by atoms with van der Waals surface area (Å²) in [7, 11) is 0. The van der Waals surface area contributed by atoms with Gasteiger partial charge in [0.1, 0.15) is 5.82 Å². The van der Waals surface area contributed by atoms with E-state index in [9.17, 15) is 4.79 Å². The number of nitrogens with one attached hydrogen (secondary N) is 3. The van der Waals surface area contributed by atoms with Gasteiger partial charge in [-0.05, 0) is 24.6 Å². The van der Waals surface area contributed by atoms with E-state index in [-0.39, 0.29) is 17.5 Å². The van der Waals surface area contributed by atoms with Gasteiger partial charge >= 0.3 is 0 Å². The Morgan fingerprint density at radius 3 is 2.58 bits per heavy atom. The van der Waals surface area contributed by atoms with E-state index in [2.05, 4.69) is 42.8 Å². The maximum Gasteiger partial charge on any atom is 0.272 e. The van der Waals surface area contributed by atoms with E-state index in [1.54, 1.807) is 0 Å². The van der Waals surface area contributed by atoms with E-state index >= 15 is 0 Å². The van der Waals surface area contributed by atoms with Crippen LogP contribution in [0.4, 0.5) is 5.69 Å². The van der Waals surface area contributed by atoms with E-state index in [0.29, 0.717) is 11.2 Å². The highest BCUT2D eigenvalue weighted by Gasteiger charge is 2.37. The first-order chi connectivity index (χ1) is 12.7. The minimum atomic E-state index is -0.225. The van der Waals surface area contributed by atoms with Crippen LogP contribution in [0.1, 0.15) is 34.9 Å². The summed E-state index contributed by atoms with van der Waals surface area (Å²) in [6, 6.07) is 15.7. The number of anilines is 1. The summed E-state index contributed by atoms with van der Waals surface area (Å²) in [6.45, 7) is 1.87. The molecule has 1 aliphatic heterocycles. The fraction of sp³-hybridized carbons (Fsp3) is 0.158. The first-order valence-electron chi connectivity index (χ1n) is 8.44. The van der Waals surface area contributed by atoms with E-state index in [1.165, 1.54) is 0 Å². The minimum absolute atomic E-state index is 0.0945. The van der Waals surface area contributed by atoms with Crippen LogP contribution < -0.4 is 10.9 Å². The molecule has 7 nitrogen and oxygen atoms in total. The lowest BCUT2D eigenvalue weighted by Crippen LogP contribution is -2.28. The number of nitrogens with zero attached hydrogens (tertiary/aromatic N) is 3. The second kappa shape index (κ2) is 5.52. The number of benzene rings is 2. The molecule has 0 radical (unpaired) electrons. The van der Waals surface area contributed by atoms with Crippen LogP contribution >= 0.6 is 0 Å². The smallest absolute Gasteiger partial charge is 0.272 e. The van der Waals surface area contributed by atoms with Crippen LogP contribution in [0, 0.1) is 6.92 Å². The van der Waals surface area contributed by atoms with Crippen molar-refractivity contribution in [2.45, 2.75) is 18.9 Å². The summed E-state index contributed by atoms with van der Waals surface area (Å²) in [5, 5.41) is 19.4. The largest absolute Gasteiger partial charge is 0.377 e. The van der Waals surface area contributed by atoms with Crippen LogP contribution in [0.25, 0.3) is 10.8 Å². The number of aromatic amines is 2. The van der Waals surface area contributed by atoms with Gasteiger partial charge in [0.25, 0.3) is 5.56 Å². The Morgan fingerprint density at radius 2 is 1.81 bits per heavy atom. The van der Waals surface area contributed by atoms with Crippen molar-refractivity contribution in [3.05, 3.63) is 81.8 Å². The zero-order chi connectivity index (χ0) is 17.7. The van der Waals surface area contributed by atoms with Crippen molar-refractivity contribution in [2.75, 3.05) is 5.32 Å². The standard InChI is InChI=1S/C19H16N6O/c1-10-20-18(24-22-10)15-16(11-6-3-2-4-7-11)21-13-9-5-8-12-14(13)17(15)23-25-19(12)26/h2-9,15-16,21H,1H3,(H,25,26)(H,20,22,24). The summed E-state index contributed by atoms with van der Waals surface area (Å²) in [4.78, 5) is 16.8. The van der Waals surface area contributed by atoms with Crippen molar-refractivity contribution in [3.8, 4) is 0 Å². The summed E-state index contributed by atoms with van der Waals surface area (Å²) >= 11 is 0. The topological polar surface area (TPSA) is 99.3 Å². The van der Waals surface area contributed by atoms with Gasteiger partial charge < -0.3 is 5.32 Å². The molecule has 2 unspecified atom stereocenters. The van der Waals surface area contributed by atoms with Gasteiger partial charge in [-0.1, -0.05) is 36.4 Å². The maximum atomic E-state index is 12.2. The second-order valence-corrected chi connectivity index (χ2v) is 6.46. The van der Waals surface area contributed by atoms with Gasteiger partial charge in [0, 0.05) is 11.1 Å². The van der Waals surface area contributed by atoms with Gasteiger partial charge in [0.05, 0.1) is 23.0 Å². The fourth-order valence-electron chi connectivity index (χ4n) is 3.71. The predicted molar refractivity (Wildman–Crippen MR) is 98.1 cm³/mol. The lowest BCUT2D eigenvalue weighted by Gasteiger charge is -2.32. The molecule has 0 saturated carbocycles. The van der Waals surface area contributed by atoms with Crippen molar-refractivity contribution in [2.24, 2.45) is 0 Å². The number of aryl methyl sites for hydroxylation is 1. The van der Waals surface area contributed by atoms with E-state index in [0.717, 1.165) is 28.2 Å². The summed E-state index contributed by atoms with van der Waals surface area (Å²) in [5.74, 6) is 1.17. The Morgan fingerprint density at radius 1 is 0.962 bits per heavy atom. The first-order valence-corrected chi connectivity index (χ1v) is 8.44. The van der Waals surface area contributed by atoms with Crippen molar-refractivity contribution in [1.29, 1.82) is 0 Å². The Bertz CT molecular complexity index is 1160. The molecule has 3 N–H and O–H groups in total. The fourth-order valence-corrected chi connectivity index (χ4v) is 3.71. The van der Waals surface area contributed by atoms with Crippen molar-refractivity contribution < 1.29 is 0 Å². The molecule has 2 aromatic carbocycles. The molecular weight excluding hydrogens is 328 g/mol. The maximum absolute atomic E-state index is 12.2. The minimum Gasteiger partial charge on any atom is -0.377 e. The van der Waals surface area contributed by atoms with E-state index in [4.69, 9.17) is 0 Å². The van der Waals surface area contributed by atoms with Gasteiger partial charge in [-0.3, -0.25) is 9.89 Å². The average molecular weight is 344 g/mol. The van der Waals surface area contributed by atoms with Crippen LogP contribution in [0.15, 0.2) is 53.3 Å². The molecule has 0 amide bonds. The third-order valence-electron chi connectivity index (χ3n) is 4.83. The molecule has 2 aromatic heterocycles. The van der Waals surface area contributed by atoms with E-state index < -0.39 is 0 Å². The Balaban J connectivity index is 1.81. The molecule has 1 aliphatic rings. The third-order valence-corrected chi connectivity index (χ3v) is 4.83. The lowest BCUT2D eigenvalue weighted by atomic mass is 9.84. The SMILES string of the molecule is Cc1nc(C2c3n[nH]c(=O)c4cccc(c34)NC2c2ccccc2)n[nH]1. The molecule has 0 fully saturated rings. The highest BCUT2D eigenvalue weighted by molar-refractivity contribution is 5.97. The van der Waals surface area contributed by atoms with Crippen molar-refractivity contribution >= 4 is 16.5 Å². The van der Waals surface area contributed by atoms with Crippen molar-refractivity contribution in [1.82, 2.24) is 25.4 Å². The molecule has 7 heteroatoms. The number of hydrogen-bond acceptors (Lipinski definition) is 5. The lowest BCUT2D eigenvalue weighted by molar-refractivity contribution is 0.607. The molecule has 5 rings (SSSR count). The van der Waals surface area contributed by atoms with Gasteiger partial charge in [-0.15, -0.1) is 0 Å². The van der Waals surface area contributed by atoms with Gasteiger partial charge in [0.2, 0.25) is 0 Å². The quantitative estimate of drug-likeness (QED) is 0.519. The van der Waals surface area contributed by atoms with Crippen LogP contribution in [-0.2, 0) is 0 Å². The third kappa shape index (κ3) is 2.13. The molecule has 2 atom stereocenters. The molecule has 0 spiro atoms. The number of hydrogen-bond donors (Lipinski definition) is 3. The zero-order valence-electron chi connectivity index (χ0n) is 14.0. The molecule has 0 aliphatic carbocycles. The van der Waals surface area contributed by atoms with Crippen LogP contribution in [0.5, 0.6) is 0 Å². The second-order valence-electron chi connectivity index (χ2n) is 6.46. The molecular formula is C19H16N6O. The van der Waals surface area contributed by atoms with Crippen molar-refractivity contribution in [3.63, 3.8) is 0 Å². The Hall–Kier alpha value is -3.48. The highest BCUT2D eigenvalue weighted by Crippen LogP contribution is 2.45. The average Bonchev–Trinajstić information content (AvgIpc) is 3.10. The Labute approximate surface area is 148 Å². The zero-order valence-corrected chi connectivity index (χ0v) is 14.0. The molecule has 4 aromatic rings. The van der Waals surface area contributed by atoms with E-state index in [1.807, 2.05) is 43.3 Å². The first kappa shape index (κ1) is 14.8. The highest BCUT2D eigenvalue weighted by atomic mass is 16.1. The van der Waals surface area contributed by atoms with Crippen LogP contribution in [0.2, 0.25) is 0 Å². The van der Waals surface area contributed by atoms with Gasteiger partial charge in [0.15, 0.2) is 5.82 Å². The summed E-state index contributed by atoms with van der Waals surface area (Å²) in [5.41, 5.74) is 2.58. The molecule has 128 valence electrons. The number of aromatic nitrogens is 5. The summed E-state index contributed by atoms with van der Waals surface area (Å²) in [6.07, 6.45) is 0. The normalized spacial score (nSPS) is 18.7. The number of H-pyrrole nitrogens is 2. The predicted octanol–water partition coefficient (Wildman–Crippen LogP) is 2.65. The molecule has 3 heterocycles. The molecule has 0 bridgehead atoms. The monoisotopic (exact) mass is 344 g/mol. The number of rotatable bonds is 2. The molecule has 26 heavy (non-hydrogen) atoms. The van der Waals surface area contributed by atoms with Crippen LogP contribution in [0.3, 0.4) is 0 Å².